The van der Waals surface area contributed by atoms with E-state index in [-0.39, 0.29) is 23.0 Å². The Morgan fingerprint density at radius 2 is 2.18 bits per heavy atom. The standard InChI is InChI=1S/C13H10N2O5S2/c16-11(17)4-5-14-12(18)10(22-13(14)21)7-8-2-1-3-9(6-8)15(19)20/h1-3,6-7H,4-5H2,(H,16,17)/p-1/b10-7-. The lowest BCUT2D eigenvalue weighted by atomic mass is 10.2. The number of nitrogens with zero attached hydrogens (tertiary/aromatic N) is 2. The smallest absolute Gasteiger partial charge is 0.270 e. The molecule has 0 saturated carbocycles. The van der Waals surface area contributed by atoms with Crippen molar-refractivity contribution in [2.24, 2.45) is 0 Å². The molecule has 1 aliphatic heterocycles. The summed E-state index contributed by atoms with van der Waals surface area (Å²) in [4.78, 5) is 34.3. The number of carbonyl (C=O) groups is 2. The van der Waals surface area contributed by atoms with E-state index < -0.39 is 16.8 Å². The number of nitro groups is 1. The molecule has 2 rings (SSSR count). The normalized spacial score (nSPS) is 16.4. The van der Waals surface area contributed by atoms with Crippen molar-refractivity contribution in [2.75, 3.05) is 6.54 Å². The van der Waals surface area contributed by atoms with Gasteiger partial charge in [-0.1, -0.05) is 36.1 Å². The monoisotopic (exact) mass is 337 g/mol. The van der Waals surface area contributed by atoms with Crippen LogP contribution in [0.2, 0.25) is 0 Å². The first-order valence-corrected chi connectivity index (χ1v) is 7.30. The average Bonchev–Trinajstić information content (AvgIpc) is 2.71. The second-order valence-electron chi connectivity index (χ2n) is 4.31. The van der Waals surface area contributed by atoms with Crippen LogP contribution in [-0.4, -0.2) is 32.6 Å². The van der Waals surface area contributed by atoms with Gasteiger partial charge in [0.15, 0.2) is 0 Å². The number of nitro benzene ring substituents is 1. The van der Waals surface area contributed by atoms with Crippen molar-refractivity contribution in [2.45, 2.75) is 6.42 Å². The molecule has 0 atom stereocenters. The van der Waals surface area contributed by atoms with E-state index in [1.54, 1.807) is 6.07 Å². The maximum Gasteiger partial charge on any atom is 0.270 e. The number of benzene rings is 1. The summed E-state index contributed by atoms with van der Waals surface area (Å²) in [5.41, 5.74) is 0.413. The van der Waals surface area contributed by atoms with E-state index in [2.05, 4.69) is 0 Å². The third-order valence-electron chi connectivity index (χ3n) is 2.79. The lowest BCUT2D eigenvalue weighted by Gasteiger charge is -2.14. The van der Waals surface area contributed by atoms with Crippen LogP contribution in [-0.2, 0) is 9.59 Å². The second kappa shape index (κ2) is 6.67. The zero-order chi connectivity index (χ0) is 16.3. The molecular weight excluding hydrogens is 328 g/mol. The Balaban J connectivity index is 2.21. The highest BCUT2D eigenvalue weighted by Crippen LogP contribution is 2.32. The molecule has 114 valence electrons. The van der Waals surface area contributed by atoms with Gasteiger partial charge in [-0.2, -0.15) is 0 Å². The van der Waals surface area contributed by atoms with Crippen LogP contribution in [0.15, 0.2) is 29.2 Å². The van der Waals surface area contributed by atoms with Gasteiger partial charge in [-0.05, 0) is 11.6 Å². The number of rotatable bonds is 5. The summed E-state index contributed by atoms with van der Waals surface area (Å²) in [6.45, 7) is -0.0563. The van der Waals surface area contributed by atoms with Gasteiger partial charge in [-0.25, -0.2) is 0 Å². The highest BCUT2D eigenvalue weighted by Gasteiger charge is 2.31. The van der Waals surface area contributed by atoms with Crippen LogP contribution < -0.4 is 5.11 Å². The summed E-state index contributed by atoms with van der Waals surface area (Å²) in [7, 11) is 0. The van der Waals surface area contributed by atoms with Crippen molar-refractivity contribution in [1.82, 2.24) is 4.90 Å². The molecule has 0 bridgehead atoms. The SMILES string of the molecule is O=C([O-])CCN1C(=O)/C(=C/c2cccc([N+](=O)[O-])c2)SC1=S. The van der Waals surface area contributed by atoms with E-state index in [0.717, 1.165) is 11.8 Å². The molecule has 1 fully saturated rings. The molecule has 22 heavy (non-hydrogen) atoms. The number of carboxylic acid groups (broad SMARTS) is 1. The minimum atomic E-state index is -1.27. The molecule has 1 saturated heterocycles. The van der Waals surface area contributed by atoms with Crippen LogP contribution in [0, 0.1) is 10.1 Å². The molecule has 0 N–H and O–H groups in total. The van der Waals surface area contributed by atoms with Crippen molar-refractivity contribution in [3.05, 3.63) is 44.8 Å². The molecule has 9 heteroatoms. The summed E-state index contributed by atoms with van der Waals surface area (Å²) >= 11 is 6.06. The van der Waals surface area contributed by atoms with Crippen molar-refractivity contribution < 1.29 is 19.6 Å². The molecule has 1 aromatic rings. The Morgan fingerprint density at radius 3 is 2.82 bits per heavy atom. The van der Waals surface area contributed by atoms with Crippen LogP contribution in [0.5, 0.6) is 0 Å². The number of carboxylic acids is 1. The number of amides is 1. The molecule has 0 aromatic heterocycles. The molecule has 0 spiro atoms. The Bertz CT molecular complexity index is 701. The number of hydrogen-bond acceptors (Lipinski definition) is 7. The largest absolute Gasteiger partial charge is 0.550 e. The van der Waals surface area contributed by atoms with E-state index in [1.165, 1.54) is 29.2 Å². The maximum absolute atomic E-state index is 12.2. The van der Waals surface area contributed by atoms with Gasteiger partial charge in [-0.3, -0.25) is 19.8 Å². The Hall–Kier alpha value is -2.26. The quantitative estimate of drug-likeness (QED) is 0.341. The number of thiocarbonyl (C=S) groups is 1. The van der Waals surface area contributed by atoms with E-state index in [1.807, 2.05) is 0 Å². The zero-order valence-corrected chi connectivity index (χ0v) is 12.7. The number of hydrogen-bond donors (Lipinski definition) is 0. The fourth-order valence-corrected chi connectivity index (χ4v) is 3.08. The van der Waals surface area contributed by atoms with E-state index >= 15 is 0 Å². The maximum atomic E-state index is 12.2. The molecule has 0 aliphatic carbocycles. The highest BCUT2D eigenvalue weighted by atomic mass is 32.2. The van der Waals surface area contributed by atoms with Crippen LogP contribution in [0.4, 0.5) is 5.69 Å². The van der Waals surface area contributed by atoms with Crippen molar-refractivity contribution in [3.63, 3.8) is 0 Å². The van der Waals surface area contributed by atoms with Gasteiger partial charge in [0, 0.05) is 31.1 Å². The van der Waals surface area contributed by atoms with Crippen LogP contribution >= 0.6 is 24.0 Å². The molecular formula is C13H9N2O5S2-. The van der Waals surface area contributed by atoms with Crippen LogP contribution in [0.3, 0.4) is 0 Å². The van der Waals surface area contributed by atoms with Gasteiger partial charge in [-0.15, -0.1) is 0 Å². The summed E-state index contributed by atoms with van der Waals surface area (Å²) in [6, 6.07) is 5.83. The van der Waals surface area contributed by atoms with E-state index in [0.29, 0.717) is 10.5 Å². The summed E-state index contributed by atoms with van der Waals surface area (Å²) < 4.78 is 0.253. The van der Waals surface area contributed by atoms with Gasteiger partial charge in [0.1, 0.15) is 4.32 Å². The third-order valence-corrected chi connectivity index (χ3v) is 4.17. The van der Waals surface area contributed by atoms with Gasteiger partial charge in [0.2, 0.25) is 0 Å². The molecule has 0 radical (unpaired) electrons. The van der Waals surface area contributed by atoms with Gasteiger partial charge in [0.05, 0.1) is 9.83 Å². The molecule has 1 aliphatic rings. The number of carbonyl (C=O) groups excluding carboxylic acids is 2. The first-order chi connectivity index (χ1) is 10.4. The van der Waals surface area contributed by atoms with Crippen LogP contribution in [0.1, 0.15) is 12.0 Å². The third kappa shape index (κ3) is 3.68. The molecule has 7 nitrogen and oxygen atoms in total. The fourth-order valence-electron chi connectivity index (χ4n) is 1.78. The minimum absolute atomic E-state index is 0.0563. The molecule has 1 heterocycles. The summed E-state index contributed by atoms with van der Waals surface area (Å²) in [5.74, 6) is -1.68. The topological polar surface area (TPSA) is 104 Å². The Morgan fingerprint density at radius 1 is 1.45 bits per heavy atom. The van der Waals surface area contributed by atoms with Gasteiger partial charge >= 0.3 is 0 Å². The summed E-state index contributed by atoms with van der Waals surface area (Å²) in [5, 5.41) is 21.2. The molecule has 0 unspecified atom stereocenters. The number of aliphatic carboxylic acids is 1. The first kappa shape index (κ1) is 16.1. The second-order valence-corrected chi connectivity index (χ2v) is 5.98. The van der Waals surface area contributed by atoms with E-state index in [9.17, 15) is 24.8 Å². The van der Waals surface area contributed by atoms with Gasteiger partial charge in [0.25, 0.3) is 11.6 Å². The first-order valence-electron chi connectivity index (χ1n) is 6.08. The molecule has 1 aromatic carbocycles. The van der Waals surface area contributed by atoms with Crippen LogP contribution in [0.25, 0.3) is 6.08 Å². The van der Waals surface area contributed by atoms with Crippen molar-refractivity contribution in [3.8, 4) is 0 Å². The van der Waals surface area contributed by atoms with Gasteiger partial charge < -0.3 is 9.90 Å². The minimum Gasteiger partial charge on any atom is -0.550 e. The Kier molecular flexibility index (Phi) is 4.88. The predicted octanol–water partition coefficient (Wildman–Crippen LogP) is 0.936. The Labute approximate surface area is 134 Å². The fraction of sp³-hybridized carbons (Fsp3) is 0.154. The lowest BCUT2D eigenvalue weighted by Crippen LogP contribution is -2.33. The number of thioether (sulfide) groups is 1. The zero-order valence-electron chi connectivity index (χ0n) is 11.1. The summed E-state index contributed by atoms with van der Waals surface area (Å²) in [6.07, 6.45) is 1.18. The molecule has 1 amide bonds. The highest BCUT2D eigenvalue weighted by molar-refractivity contribution is 8.26. The predicted molar refractivity (Wildman–Crippen MR) is 82.6 cm³/mol. The van der Waals surface area contributed by atoms with Crippen molar-refractivity contribution >= 4 is 51.9 Å². The lowest BCUT2D eigenvalue weighted by molar-refractivity contribution is -0.384. The average molecular weight is 337 g/mol. The van der Waals surface area contributed by atoms with E-state index in [4.69, 9.17) is 12.2 Å². The number of non-ortho nitro benzene ring substituents is 1. The van der Waals surface area contributed by atoms with Crippen molar-refractivity contribution in [1.29, 1.82) is 0 Å².